The molecule has 1 saturated heterocycles. The molecule has 0 bridgehead atoms. The molecule has 0 aliphatic carbocycles. The quantitative estimate of drug-likeness (QED) is 0.729. The van der Waals surface area contributed by atoms with Gasteiger partial charge in [0.05, 0.1) is 12.2 Å². The minimum atomic E-state index is -0.718. The number of nitrogens with one attached hydrogen (secondary N) is 2. The van der Waals surface area contributed by atoms with Gasteiger partial charge in [0.1, 0.15) is 11.6 Å². The first-order valence-corrected chi connectivity index (χ1v) is 10.3. The van der Waals surface area contributed by atoms with Gasteiger partial charge >= 0.3 is 12.0 Å². The fourth-order valence-corrected chi connectivity index (χ4v) is 3.32. The summed E-state index contributed by atoms with van der Waals surface area (Å²) in [5, 5.41) is 5.52. The molecule has 1 aliphatic rings. The van der Waals surface area contributed by atoms with Crippen molar-refractivity contribution in [2.24, 2.45) is 5.92 Å². The summed E-state index contributed by atoms with van der Waals surface area (Å²) in [6.07, 6.45) is 0.367. The summed E-state index contributed by atoms with van der Waals surface area (Å²) in [5.74, 6) is -0.531. The van der Waals surface area contributed by atoms with E-state index in [0.717, 1.165) is 18.8 Å². The smallest absolute Gasteiger partial charge is 0.329 e. The SMILES string of the molecule is CC(C)[C@H](NC(=O)Nc1ccc(N2C[C@H](C)O[C@@H](C)C2)cc1)C(=O)OC(C)(C)C. The third-order valence-electron chi connectivity index (χ3n) is 4.52. The highest BCUT2D eigenvalue weighted by atomic mass is 16.6. The molecule has 2 amide bonds. The Morgan fingerprint density at radius 2 is 1.66 bits per heavy atom. The molecular weight excluding hydrogens is 370 g/mol. The van der Waals surface area contributed by atoms with E-state index in [1.54, 1.807) is 20.8 Å². The molecule has 0 saturated carbocycles. The molecule has 0 radical (unpaired) electrons. The van der Waals surface area contributed by atoms with E-state index in [0.29, 0.717) is 5.69 Å². The van der Waals surface area contributed by atoms with Crippen molar-refractivity contribution in [1.29, 1.82) is 0 Å². The monoisotopic (exact) mass is 405 g/mol. The Bertz CT molecular complexity index is 687. The number of hydrogen-bond acceptors (Lipinski definition) is 5. The Kier molecular flexibility index (Phi) is 7.52. The van der Waals surface area contributed by atoms with Crippen molar-refractivity contribution in [3.05, 3.63) is 24.3 Å². The molecule has 0 spiro atoms. The number of benzene rings is 1. The lowest BCUT2D eigenvalue weighted by molar-refractivity contribution is -0.158. The lowest BCUT2D eigenvalue weighted by Gasteiger charge is -2.36. The normalized spacial score (nSPS) is 20.9. The standard InChI is InChI=1S/C22H35N3O4/c1-14(2)19(20(26)29-22(5,6)7)24-21(27)23-17-8-10-18(11-9-17)25-12-15(3)28-16(4)13-25/h8-11,14-16,19H,12-13H2,1-7H3,(H2,23,24,27)/t15-,16-,19-/m0/s1. The maximum Gasteiger partial charge on any atom is 0.329 e. The number of rotatable bonds is 5. The lowest BCUT2D eigenvalue weighted by atomic mass is 10.0. The van der Waals surface area contributed by atoms with E-state index < -0.39 is 23.6 Å². The van der Waals surface area contributed by atoms with E-state index in [-0.39, 0.29) is 18.1 Å². The fourth-order valence-electron chi connectivity index (χ4n) is 3.32. The van der Waals surface area contributed by atoms with E-state index >= 15 is 0 Å². The molecule has 162 valence electrons. The summed E-state index contributed by atoms with van der Waals surface area (Å²) in [4.78, 5) is 27.1. The Labute approximate surface area is 174 Å². The van der Waals surface area contributed by atoms with Gasteiger partial charge in [-0.2, -0.15) is 0 Å². The maximum atomic E-state index is 12.4. The van der Waals surface area contributed by atoms with Gasteiger partial charge in [-0.05, 0) is 64.8 Å². The average Bonchev–Trinajstić information content (AvgIpc) is 2.57. The van der Waals surface area contributed by atoms with Gasteiger partial charge in [-0.1, -0.05) is 13.8 Å². The number of anilines is 2. The summed E-state index contributed by atoms with van der Waals surface area (Å²) in [6, 6.07) is 6.53. The second kappa shape index (κ2) is 9.48. The van der Waals surface area contributed by atoms with Crippen LogP contribution in [0.5, 0.6) is 0 Å². The van der Waals surface area contributed by atoms with Crippen LogP contribution in [0.1, 0.15) is 48.5 Å². The van der Waals surface area contributed by atoms with Gasteiger partial charge in [0.15, 0.2) is 0 Å². The highest BCUT2D eigenvalue weighted by Gasteiger charge is 2.29. The van der Waals surface area contributed by atoms with Gasteiger partial charge in [0.25, 0.3) is 0 Å². The Hall–Kier alpha value is -2.28. The number of amides is 2. The molecule has 3 atom stereocenters. The number of nitrogens with zero attached hydrogens (tertiary/aromatic N) is 1. The molecule has 0 aromatic heterocycles. The molecule has 0 unspecified atom stereocenters. The van der Waals surface area contributed by atoms with Gasteiger partial charge < -0.3 is 25.0 Å². The van der Waals surface area contributed by atoms with Gasteiger partial charge in [0.2, 0.25) is 0 Å². The Morgan fingerprint density at radius 1 is 1.10 bits per heavy atom. The Balaban J connectivity index is 1.96. The van der Waals surface area contributed by atoms with Crippen molar-refractivity contribution in [1.82, 2.24) is 5.32 Å². The first-order chi connectivity index (χ1) is 13.4. The van der Waals surface area contributed by atoms with Crippen LogP contribution in [0.4, 0.5) is 16.2 Å². The van der Waals surface area contributed by atoms with Gasteiger partial charge in [-0.15, -0.1) is 0 Å². The molecule has 1 aromatic rings. The van der Waals surface area contributed by atoms with Crippen LogP contribution >= 0.6 is 0 Å². The Morgan fingerprint density at radius 3 is 2.14 bits per heavy atom. The van der Waals surface area contributed by atoms with Crippen molar-refractivity contribution in [3.8, 4) is 0 Å². The van der Waals surface area contributed by atoms with E-state index in [2.05, 4.69) is 29.4 Å². The topological polar surface area (TPSA) is 79.9 Å². The number of hydrogen-bond donors (Lipinski definition) is 2. The molecular formula is C22H35N3O4. The van der Waals surface area contributed by atoms with Crippen molar-refractivity contribution in [2.45, 2.75) is 72.3 Å². The molecule has 7 heteroatoms. The molecule has 2 N–H and O–H groups in total. The van der Waals surface area contributed by atoms with Crippen LogP contribution in [0.3, 0.4) is 0 Å². The van der Waals surface area contributed by atoms with Crippen molar-refractivity contribution < 1.29 is 19.1 Å². The zero-order valence-corrected chi connectivity index (χ0v) is 18.6. The molecule has 1 fully saturated rings. The first kappa shape index (κ1) is 23.0. The lowest BCUT2D eigenvalue weighted by Crippen LogP contribution is -2.48. The molecule has 7 nitrogen and oxygen atoms in total. The number of urea groups is 1. The molecule has 1 aromatic carbocycles. The van der Waals surface area contributed by atoms with E-state index in [9.17, 15) is 9.59 Å². The second-order valence-electron chi connectivity index (χ2n) is 9.06. The fraction of sp³-hybridized carbons (Fsp3) is 0.636. The summed E-state index contributed by atoms with van der Waals surface area (Å²) in [5.41, 5.74) is 1.14. The molecule has 29 heavy (non-hydrogen) atoms. The van der Waals surface area contributed by atoms with Crippen LogP contribution in [0.2, 0.25) is 0 Å². The van der Waals surface area contributed by atoms with E-state index in [1.807, 2.05) is 38.1 Å². The van der Waals surface area contributed by atoms with Gasteiger partial charge in [-0.3, -0.25) is 0 Å². The van der Waals surface area contributed by atoms with Crippen molar-refractivity contribution in [3.63, 3.8) is 0 Å². The number of carbonyl (C=O) groups excluding carboxylic acids is 2. The molecule has 1 heterocycles. The number of morpholine rings is 1. The summed E-state index contributed by atoms with van der Waals surface area (Å²) in [6.45, 7) is 15.0. The third-order valence-corrected chi connectivity index (χ3v) is 4.52. The molecule has 1 aliphatic heterocycles. The number of esters is 1. The minimum Gasteiger partial charge on any atom is -0.458 e. The van der Waals surface area contributed by atoms with Crippen molar-refractivity contribution >= 4 is 23.4 Å². The summed E-state index contributed by atoms with van der Waals surface area (Å²) < 4.78 is 11.2. The van der Waals surface area contributed by atoms with Crippen LogP contribution in [0, 0.1) is 5.92 Å². The second-order valence-corrected chi connectivity index (χ2v) is 9.06. The average molecular weight is 406 g/mol. The minimum absolute atomic E-state index is 0.0942. The highest BCUT2D eigenvalue weighted by molar-refractivity contribution is 5.92. The number of carbonyl (C=O) groups is 2. The van der Waals surface area contributed by atoms with E-state index in [1.165, 1.54) is 0 Å². The van der Waals surface area contributed by atoms with E-state index in [4.69, 9.17) is 9.47 Å². The highest BCUT2D eigenvalue weighted by Crippen LogP contribution is 2.22. The predicted molar refractivity (Wildman–Crippen MR) is 115 cm³/mol. The zero-order valence-electron chi connectivity index (χ0n) is 18.6. The first-order valence-electron chi connectivity index (χ1n) is 10.3. The van der Waals surface area contributed by atoms with Gasteiger partial charge in [0, 0.05) is 24.5 Å². The summed E-state index contributed by atoms with van der Waals surface area (Å²) in [7, 11) is 0. The summed E-state index contributed by atoms with van der Waals surface area (Å²) >= 11 is 0. The zero-order chi connectivity index (χ0) is 21.8. The van der Waals surface area contributed by atoms with Crippen LogP contribution in [-0.4, -0.2) is 48.9 Å². The maximum absolute atomic E-state index is 12.4. The van der Waals surface area contributed by atoms with Crippen LogP contribution in [0.25, 0.3) is 0 Å². The van der Waals surface area contributed by atoms with Crippen LogP contribution in [-0.2, 0) is 14.3 Å². The van der Waals surface area contributed by atoms with Gasteiger partial charge in [-0.25, -0.2) is 9.59 Å². The predicted octanol–water partition coefficient (Wildman–Crippen LogP) is 3.79. The molecule has 2 rings (SSSR count). The third kappa shape index (κ3) is 7.24. The van der Waals surface area contributed by atoms with Crippen LogP contribution < -0.4 is 15.5 Å². The number of ether oxygens (including phenoxy) is 2. The largest absolute Gasteiger partial charge is 0.458 e. The van der Waals surface area contributed by atoms with Crippen LogP contribution in [0.15, 0.2) is 24.3 Å². The van der Waals surface area contributed by atoms with Crippen molar-refractivity contribution in [2.75, 3.05) is 23.3 Å².